The second-order valence-electron chi connectivity index (χ2n) is 20.5. The molecule has 5 aromatic rings. The van der Waals surface area contributed by atoms with Crippen LogP contribution in [-0.2, 0) is 14.4 Å². The van der Waals surface area contributed by atoms with Crippen LogP contribution in [0.5, 0.6) is 0 Å². The van der Waals surface area contributed by atoms with Crippen molar-refractivity contribution >= 4 is 64.2 Å². The van der Waals surface area contributed by atoms with Gasteiger partial charge < -0.3 is 41.5 Å². The summed E-state index contributed by atoms with van der Waals surface area (Å²) < 4.78 is 0. The molecule has 3 fully saturated rings. The lowest BCUT2D eigenvalue weighted by atomic mass is 9.85. The highest BCUT2D eigenvalue weighted by atomic mass is 32.2. The van der Waals surface area contributed by atoms with Crippen LogP contribution in [0.25, 0.3) is 10.4 Å². The number of hydrogen-bond donors (Lipinski definition) is 5. The average Bonchev–Trinajstić information content (AvgIpc) is 3.98. The number of aliphatic hydroxyl groups excluding tert-OH is 1. The maximum atomic E-state index is 14.3. The number of thiazole rings is 1. The summed E-state index contributed by atoms with van der Waals surface area (Å²) in [5.74, 6) is -0.0416. The van der Waals surface area contributed by atoms with Crippen molar-refractivity contribution in [3.05, 3.63) is 95.6 Å². The molecular formula is C52H67N13O5S2. The smallest absolute Gasteiger partial charge is 0.255 e. The van der Waals surface area contributed by atoms with Crippen molar-refractivity contribution in [1.82, 2.24) is 45.4 Å². The van der Waals surface area contributed by atoms with E-state index in [0.717, 1.165) is 88.7 Å². The SMILES string of the molecule is Cc1ncsc1-c1ccc([C@H](C)NC(=O)[C@@H]2C[C@@H](O)CN2C(=O)[C@@H](NC(=O)c2cnc(N3CCN(CCCC(=O)Nc4cccc(Sc5cnc(N6CCC(C)(N)CC6)cn5)c4)CC3)nc2)C(C)(C)C)cc1. The lowest BCUT2D eigenvalue weighted by Crippen LogP contribution is -2.57. The van der Waals surface area contributed by atoms with Crippen molar-refractivity contribution in [3.63, 3.8) is 0 Å². The molecule has 0 bridgehead atoms. The van der Waals surface area contributed by atoms with E-state index in [1.165, 1.54) is 29.1 Å². The zero-order valence-corrected chi connectivity index (χ0v) is 43.6. The number of aryl methyl sites for hydroxylation is 1. The number of aliphatic hydroxyl groups is 1. The third-order valence-electron chi connectivity index (χ3n) is 13.6. The molecule has 0 radical (unpaired) electrons. The number of carbonyl (C=O) groups is 4. The molecule has 8 rings (SSSR count). The second kappa shape index (κ2) is 22.8. The monoisotopic (exact) mass is 1020 g/mol. The van der Waals surface area contributed by atoms with Gasteiger partial charge in [0.25, 0.3) is 5.91 Å². The summed E-state index contributed by atoms with van der Waals surface area (Å²) in [6.45, 7) is 16.8. The molecular weight excluding hydrogens is 951 g/mol. The average molecular weight is 1020 g/mol. The van der Waals surface area contributed by atoms with Gasteiger partial charge in [-0.05, 0) is 81.3 Å². The zero-order valence-electron chi connectivity index (χ0n) is 42.0. The number of nitrogens with zero attached hydrogens (tertiary/aromatic N) is 9. The number of piperidine rings is 1. The van der Waals surface area contributed by atoms with Crippen molar-refractivity contribution in [2.75, 3.05) is 67.5 Å². The highest BCUT2D eigenvalue weighted by molar-refractivity contribution is 7.99. The van der Waals surface area contributed by atoms with E-state index in [0.29, 0.717) is 31.9 Å². The highest BCUT2D eigenvalue weighted by Gasteiger charge is 2.45. The number of rotatable bonds is 16. The minimum absolute atomic E-state index is 0.0324. The molecule has 3 aliphatic rings. The predicted octanol–water partition coefficient (Wildman–Crippen LogP) is 5.69. The largest absolute Gasteiger partial charge is 0.391 e. The van der Waals surface area contributed by atoms with Crippen LogP contribution in [0.4, 0.5) is 17.5 Å². The normalized spacial score (nSPS) is 19.1. The summed E-state index contributed by atoms with van der Waals surface area (Å²) >= 11 is 3.07. The molecule has 6 heterocycles. The molecule has 0 aliphatic carbocycles. The van der Waals surface area contributed by atoms with Gasteiger partial charge in [-0.15, -0.1) is 11.3 Å². The Morgan fingerprint density at radius 2 is 1.62 bits per heavy atom. The number of benzene rings is 2. The Bertz CT molecular complexity index is 2660. The molecule has 4 atom stereocenters. The maximum absolute atomic E-state index is 14.3. The fourth-order valence-corrected chi connectivity index (χ4v) is 10.8. The van der Waals surface area contributed by atoms with E-state index < -0.39 is 35.4 Å². The summed E-state index contributed by atoms with van der Waals surface area (Å²) in [4.78, 5) is 87.4. The van der Waals surface area contributed by atoms with Crippen molar-refractivity contribution in [1.29, 1.82) is 0 Å². The number of hydrogen-bond acceptors (Lipinski definition) is 16. The van der Waals surface area contributed by atoms with Gasteiger partial charge in [0, 0.05) is 87.2 Å². The van der Waals surface area contributed by atoms with E-state index in [1.807, 2.05) is 94.9 Å². The van der Waals surface area contributed by atoms with Gasteiger partial charge in [-0.2, -0.15) is 0 Å². The molecule has 382 valence electrons. The quantitative estimate of drug-likeness (QED) is 0.0800. The predicted molar refractivity (Wildman–Crippen MR) is 281 cm³/mol. The standard InChI is InChI=1S/C52H67N13O5S2/c1-33(35-12-14-36(15-13-35)45-34(2)58-32-71-45)59-48(69)41-26-39(66)31-65(41)49(70)46(51(3,4)5)61-47(68)37-27-56-50(57-28-37)64-23-21-62(22-24-64)18-8-11-43(67)60-38-9-7-10-40(25-38)72-44-30-54-42(29-55-44)63-19-16-52(6,53)17-20-63/h7,9-10,12-15,25,27-30,32-33,39,41,46,66H,8,11,16-24,26,31,53H2,1-6H3,(H,59,69)(H,60,67)(H,61,68)/t33-,39+,41-,46+/m0/s1. The van der Waals surface area contributed by atoms with Crippen LogP contribution in [0.2, 0.25) is 0 Å². The molecule has 6 N–H and O–H groups in total. The van der Waals surface area contributed by atoms with Gasteiger partial charge in [0.15, 0.2) is 0 Å². The summed E-state index contributed by atoms with van der Waals surface area (Å²) in [5.41, 5.74) is 11.1. The molecule has 4 amide bonds. The van der Waals surface area contributed by atoms with Crippen molar-refractivity contribution in [2.45, 2.75) is 113 Å². The Morgan fingerprint density at radius 1 is 0.903 bits per heavy atom. The third-order valence-corrected chi connectivity index (χ3v) is 15.5. The summed E-state index contributed by atoms with van der Waals surface area (Å²) in [5, 5.41) is 20.5. The van der Waals surface area contributed by atoms with Crippen LogP contribution >= 0.6 is 23.1 Å². The van der Waals surface area contributed by atoms with Gasteiger partial charge >= 0.3 is 0 Å². The number of nitrogens with one attached hydrogen (secondary N) is 3. The molecule has 18 nitrogen and oxygen atoms in total. The molecule has 20 heteroatoms. The first kappa shape index (κ1) is 52.3. The molecule has 72 heavy (non-hydrogen) atoms. The van der Waals surface area contributed by atoms with E-state index in [9.17, 15) is 24.3 Å². The number of anilines is 3. The minimum Gasteiger partial charge on any atom is -0.391 e. The van der Waals surface area contributed by atoms with Crippen LogP contribution < -0.4 is 31.5 Å². The second-order valence-corrected chi connectivity index (χ2v) is 22.5. The highest BCUT2D eigenvalue weighted by Crippen LogP contribution is 2.32. The number of nitrogens with two attached hydrogens (primary N) is 1. The topological polar surface area (TPSA) is 228 Å². The van der Waals surface area contributed by atoms with Gasteiger partial charge in [-0.25, -0.2) is 24.9 Å². The fourth-order valence-electron chi connectivity index (χ4n) is 9.22. The van der Waals surface area contributed by atoms with Gasteiger partial charge in [-0.3, -0.25) is 24.1 Å². The Morgan fingerprint density at radius 3 is 2.28 bits per heavy atom. The maximum Gasteiger partial charge on any atom is 0.255 e. The number of carbonyl (C=O) groups excluding carboxylic acids is 4. The number of amides is 4. The van der Waals surface area contributed by atoms with Crippen LogP contribution in [-0.4, -0.2) is 140 Å². The molecule has 3 saturated heterocycles. The first-order valence-electron chi connectivity index (χ1n) is 24.7. The van der Waals surface area contributed by atoms with Gasteiger partial charge in [0.05, 0.1) is 46.2 Å². The minimum atomic E-state index is -1.01. The Kier molecular flexibility index (Phi) is 16.5. The zero-order chi connectivity index (χ0) is 51.2. The van der Waals surface area contributed by atoms with Crippen molar-refractivity contribution in [3.8, 4) is 10.4 Å². The Labute approximate surface area is 430 Å². The Hall–Kier alpha value is -6.06. The van der Waals surface area contributed by atoms with Crippen LogP contribution in [0.1, 0.15) is 94.4 Å². The number of aromatic nitrogens is 5. The van der Waals surface area contributed by atoms with Crippen LogP contribution in [0.15, 0.2) is 88.8 Å². The third kappa shape index (κ3) is 13.3. The van der Waals surface area contributed by atoms with E-state index in [4.69, 9.17) is 5.73 Å². The van der Waals surface area contributed by atoms with Crippen molar-refractivity contribution in [2.24, 2.45) is 11.1 Å². The van der Waals surface area contributed by atoms with Crippen LogP contribution in [0, 0.1) is 12.3 Å². The molecule has 3 aliphatic heterocycles. The molecule has 3 aromatic heterocycles. The molecule has 0 unspecified atom stereocenters. The number of piperazine rings is 1. The van der Waals surface area contributed by atoms with Gasteiger partial charge in [0.2, 0.25) is 23.7 Å². The van der Waals surface area contributed by atoms with Crippen molar-refractivity contribution < 1.29 is 24.3 Å². The number of β-amino-alcohol motifs (C(OH)–C–C–N with tert-alkyl or cyclic N) is 1. The lowest BCUT2D eigenvalue weighted by Gasteiger charge is -2.37. The first-order valence-corrected chi connectivity index (χ1v) is 26.4. The molecule has 2 aromatic carbocycles. The van der Waals surface area contributed by atoms with E-state index >= 15 is 0 Å². The van der Waals surface area contributed by atoms with Gasteiger partial charge in [0.1, 0.15) is 22.9 Å². The summed E-state index contributed by atoms with van der Waals surface area (Å²) in [7, 11) is 0. The van der Waals surface area contributed by atoms with E-state index in [-0.39, 0.29) is 41.9 Å². The fraction of sp³-hybridized carbons (Fsp3) is 0.481. The van der Waals surface area contributed by atoms with Crippen LogP contribution in [0.3, 0.4) is 0 Å². The van der Waals surface area contributed by atoms with E-state index in [2.05, 4.69) is 62.5 Å². The molecule has 0 saturated carbocycles. The first-order chi connectivity index (χ1) is 34.4. The lowest BCUT2D eigenvalue weighted by molar-refractivity contribution is -0.142. The number of likely N-dealkylation sites (tertiary alicyclic amines) is 1. The Balaban J connectivity index is 0.766. The summed E-state index contributed by atoms with van der Waals surface area (Å²) in [6, 6.07) is 13.4. The van der Waals surface area contributed by atoms with Gasteiger partial charge in [-0.1, -0.05) is 62.9 Å². The summed E-state index contributed by atoms with van der Waals surface area (Å²) in [6.07, 6.45) is 8.64. The van der Waals surface area contributed by atoms with E-state index in [1.54, 1.807) is 17.5 Å². The molecule has 0 spiro atoms.